The van der Waals surface area contributed by atoms with E-state index in [9.17, 15) is 8.78 Å². The van der Waals surface area contributed by atoms with Crippen LogP contribution in [0.5, 0.6) is 0 Å². The third kappa shape index (κ3) is 1.55. The summed E-state index contributed by atoms with van der Waals surface area (Å²) in [6.07, 6.45) is -0.412. The fraction of sp³-hybridized carbons (Fsp3) is 0.400. The molecule has 0 aliphatic heterocycles. The lowest BCUT2D eigenvalue weighted by Crippen LogP contribution is -1.93. The Labute approximate surface area is 95.0 Å². The second-order valence-electron chi connectivity index (χ2n) is 3.93. The van der Waals surface area contributed by atoms with Crippen LogP contribution in [0.25, 0.3) is 5.65 Å². The van der Waals surface area contributed by atoms with E-state index >= 15 is 0 Å². The molecule has 0 spiro atoms. The molecule has 0 amide bonds. The highest BCUT2D eigenvalue weighted by atomic mass is 35.5. The Bertz CT molecular complexity index is 548. The van der Waals surface area contributed by atoms with Crippen molar-refractivity contribution in [3.05, 3.63) is 28.7 Å². The van der Waals surface area contributed by atoms with E-state index in [-0.39, 0.29) is 0 Å². The van der Waals surface area contributed by atoms with Gasteiger partial charge in [0.1, 0.15) is 5.15 Å². The predicted molar refractivity (Wildman–Crippen MR) is 54.9 cm³/mol. The van der Waals surface area contributed by atoms with Crippen LogP contribution in [0.4, 0.5) is 8.78 Å². The maximum absolute atomic E-state index is 12.4. The normalized spacial score (nSPS) is 16.2. The number of hydrogen-bond donors (Lipinski definition) is 0. The number of fused-ring (bicyclic) bond motifs is 1. The van der Waals surface area contributed by atoms with Gasteiger partial charge >= 0.3 is 0 Å². The minimum atomic E-state index is -2.67. The molecule has 0 bridgehead atoms. The van der Waals surface area contributed by atoms with Crippen molar-refractivity contribution in [1.29, 1.82) is 0 Å². The molecule has 1 aliphatic rings. The van der Waals surface area contributed by atoms with Crippen molar-refractivity contribution in [3.63, 3.8) is 0 Å². The fourth-order valence-corrected chi connectivity index (χ4v) is 1.98. The molecular weight excluding hydrogens is 236 g/mol. The molecule has 84 valence electrons. The van der Waals surface area contributed by atoms with E-state index in [0.717, 1.165) is 18.4 Å². The number of alkyl halides is 2. The van der Waals surface area contributed by atoms with E-state index < -0.39 is 12.2 Å². The number of aromatic nitrogens is 3. The SMILES string of the molecule is FC(F)c1nc2cc(C3CC3)cc(Cl)n2n1. The van der Waals surface area contributed by atoms with Crippen LogP contribution in [0, 0.1) is 0 Å². The first-order valence-electron chi connectivity index (χ1n) is 4.99. The first kappa shape index (κ1) is 9.96. The van der Waals surface area contributed by atoms with E-state index in [0.29, 0.717) is 16.7 Å². The summed E-state index contributed by atoms with van der Waals surface area (Å²) in [5, 5.41) is 3.99. The highest BCUT2D eigenvalue weighted by Gasteiger charge is 2.25. The van der Waals surface area contributed by atoms with Gasteiger partial charge in [-0.2, -0.15) is 0 Å². The van der Waals surface area contributed by atoms with Crippen molar-refractivity contribution in [2.24, 2.45) is 0 Å². The molecule has 2 aromatic rings. The summed E-state index contributed by atoms with van der Waals surface area (Å²) in [5.74, 6) is 0.0315. The maximum Gasteiger partial charge on any atom is 0.299 e. The zero-order valence-electron chi connectivity index (χ0n) is 8.20. The third-order valence-corrected chi connectivity index (χ3v) is 2.95. The zero-order valence-corrected chi connectivity index (χ0v) is 8.96. The van der Waals surface area contributed by atoms with Gasteiger partial charge in [0.2, 0.25) is 5.82 Å². The van der Waals surface area contributed by atoms with Gasteiger partial charge in [-0.3, -0.25) is 0 Å². The van der Waals surface area contributed by atoms with Crippen molar-refractivity contribution in [2.45, 2.75) is 25.2 Å². The highest BCUT2D eigenvalue weighted by Crippen LogP contribution is 2.41. The molecule has 2 heterocycles. The van der Waals surface area contributed by atoms with E-state index in [4.69, 9.17) is 11.6 Å². The number of halogens is 3. The van der Waals surface area contributed by atoms with Crippen molar-refractivity contribution in [3.8, 4) is 0 Å². The summed E-state index contributed by atoms with van der Waals surface area (Å²) in [7, 11) is 0. The smallest absolute Gasteiger partial charge is 0.206 e. The Hall–Kier alpha value is -1.23. The van der Waals surface area contributed by atoms with Gasteiger partial charge in [0.25, 0.3) is 6.43 Å². The van der Waals surface area contributed by atoms with Crippen LogP contribution in [0.2, 0.25) is 5.15 Å². The lowest BCUT2D eigenvalue weighted by Gasteiger charge is -2.00. The van der Waals surface area contributed by atoms with Gasteiger partial charge in [0, 0.05) is 0 Å². The lowest BCUT2D eigenvalue weighted by atomic mass is 10.2. The molecule has 3 rings (SSSR count). The molecule has 1 saturated carbocycles. The summed E-state index contributed by atoms with van der Waals surface area (Å²) in [6, 6.07) is 3.55. The molecule has 0 atom stereocenters. The van der Waals surface area contributed by atoms with E-state index in [2.05, 4.69) is 10.1 Å². The van der Waals surface area contributed by atoms with Crippen LogP contribution in [-0.4, -0.2) is 14.6 Å². The lowest BCUT2D eigenvalue weighted by molar-refractivity contribution is 0.140. The summed E-state index contributed by atoms with van der Waals surface area (Å²) in [6.45, 7) is 0. The molecule has 0 radical (unpaired) electrons. The van der Waals surface area contributed by atoms with Gasteiger partial charge in [0.15, 0.2) is 5.65 Å². The van der Waals surface area contributed by atoms with Crippen molar-refractivity contribution in [2.75, 3.05) is 0 Å². The van der Waals surface area contributed by atoms with Gasteiger partial charge in [-0.05, 0) is 36.5 Å². The second kappa shape index (κ2) is 3.38. The van der Waals surface area contributed by atoms with Gasteiger partial charge in [-0.15, -0.1) is 5.10 Å². The molecule has 0 saturated heterocycles. The first-order valence-corrected chi connectivity index (χ1v) is 5.37. The first-order chi connectivity index (χ1) is 7.65. The largest absolute Gasteiger partial charge is 0.299 e. The molecule has 6 heteroatoms. The fourth-order valence-electron chi connectivity index (χ4n) is 1.73. The Morgan fingerprint density at radius 2 is 2.12 bits per heavy atom. The Kier molecular flexibility index (Phi) is 2.10. The van der Waals surface area contributed by atoms with Crippen LogP contribution < -0.4 is 0 Å². The van der Waals surface area contributed by atoms with Crippen LogP contribution in [0.1, 0.15) is 36.6 Å². The average Bonchev–Trinajstić information content (AvgIpc) is 2.97. The molecule has 16 heavy (non-hydrogen) atoms. The molecule has 0 unspecified atom stereocenters. The van der Waals surface area contributed by atoms with Gasteiger partial charge in [-0.25, -0.2) is 18.3 Å². The molecule has 0 N–H and O–H groups in total. The minimum absolute atomic E-state index is 0.332. The summed E-state index contributed by atoms with van der Waals surface area (Å²) >= 11 is 5.97. The molecule has 3 nitrogen and oxygen atoms in total. The predicted octanol–water partition coefficient (Wildman–Crippen LogP) is 3.20. The molecular formula is C10H8ClF2N3. The Balaban J connectivity index is 2.17. The number of rotatable bonds is 2. The quantitative estimate of drug-likeness (QED) is 0.759. The molecule has 1 aliphatic carbocycles. The molecule has 2 aromatic heterocycles. The maximum atomic E-state index is 12.4. The number of nitrogens with zero attached hydrogens (tertiary/aromatic N) is 3. The average molecular weight is 244 g/mol. The van der Waals surface area contributed by atoms with Gasteiger partial charge in [0.05, 0.1) is 0 Å². The van der Waals surface area contributed by atoms with Crippen molar-refractivity contribution >= 4 is 17.2 Å². The summed E-state index contributed by atoms with van der Waals surface area (Å²) < 4.78 is 26.1. The highest BCUT2D eigenvalue weighted by molar-refractivity contribution is 6.29. The van der Waals surface area contributed by atoms with Crippen LogP contribution >= 0.6 is 11.6 Å². The Morgan fingerprint density at radius 3 is 2.75 bits per heavy atom. The molecule has 0 aromatic carbocycles. The van der Waals surface area contributed by atoms with Gasteiger partial charge in [-0.1, -0.05) is 11.6 Å². The van der Waals surface area contributed by atoms with Crippen molar-refractivity contribution in [1.82, 2.24) is 14.6 Å². The second-order valence-corrected chi connectivity index (χ2v) is 4.31. The standard InChI is InChI=1S/C10H8ClF2N3/c11-7-3-6(5-1-2-5)4-8-14-10(9(12)13)15-16(7)8/h3-5,9H,1-2H2. The zero-order chi connectivity index (χ0) is 11.3. The van der Waals surface area contributed by atoms with E-state index in [1.807, 2.05) is 0 Å². The monoisotopic (exact) mass is 243 g/mol. The van der Waals surface area contributed by atoms with Gasteiger partial charge < -0.3 is 0 Å². The number of pyridine rings is 1. The number of hydrogen-bond acceptors (Lipinski definition) is 2. The van der Waals surface area contributed by atoms with Crippen LogP contribution in [0.15, 0.2) is 12.1 Å². The Morgan fingerprint density at radius 1 is 1.38 bits per heavy atom. The van der Waals surface area contributed by atoms with E-state index in [1.165, 1.54) is 4.52 Å². The topological polar surface area (TPSA) is 30.2 Å². The van der Waals surface area contributed by atoms with Crippen LogP contribution in [0.3, 0.4) is 0 Å². The minimum Gasteiger partial charge on any atom is -0.206 e. The summed E-state index contributed by atoms with van der Waals surface area (Å²) in [4.78, 5) is 3.76. The molecule has 1 fully saturated rings. The van der Waals surface area contributed by atoms with Crippen LogP contribution in [-0.2, 0) is 0 Å². The van der Waals surface area contributed by atoms with Crippen molar-refractivity contribution < 1.29 is 8.78 Å². The van der Waals surface area contributed by atoms with E-state index in [1.54, 1.807) is 12.1 Å². The third-order valence-electron chi connectivity index (χ3n) is 2.68. The summed E-state index contributed by atoms with van der Waals surface area (Å²) in [5.41, 5.74) is 1.45.